The average Bonchev–Trinajstić information content (AvgIpc) is 2.95. The van der Waals surface area contributed by atoms with Gasteiger partial charge in [-0.25, -0.2) is 4.98 Å². The quantitative estimate of drug-likeness (QED) is 0.512. The van der Waals surface area contributed by atoms with E-state index in [0.717, 1.165) is 0 Å². The van der Waals surface area contributed by atoms with Crippen LogP contribution in [0, 0.1) is 0 Å². The van der Waals surface area contributed by atoms with Gasteiger partial charge in [0.2, 0.25) is 11.7 Å². The number of ether oxygens (including phenoxy) is 2. The van der Waals surface area contributed by atoms with Crippen LogP contribution >= 0.6 is 0 Å². The number of hydrogen-bond acceptors (Lipinski definition) is 8. The molecule has 0 saturated heterocycles. The number of amides is 2. The van der Waals surface area contributed by atoms with Gasteiger partial charge in [0.1, 0.15) is 24.1 Å². The highest BCUT2D eigenvalue weighted by molar-refractivity contribution is 6.03. The molecular formula is C23H18N6O4. The third kappa shape index (κ3) is 4.13. The number of hydrogen-bond donors (Lipinski definition) is 1. The van der Waals surface area contributed by atoms with Crippen molar-refractivity contribution < 1.29 is 19.1 Å². The van der Waals surface area contributed by atoms with Crippen molar-refractivity contribution in [1.29, 1.82) is 0 Å². The number of carbonyl (C=O) groups excluding carboxylic acids is 2. The van der Waals surface area contributed by atoms with E-state index in [0.29, 0.717) is 28.2 Å². The van der Waals surface area contributed by atoms with Gasteiger partial charge >= 0.3 is 0 Å². The number of carbonyl (C=O) groups is 2. The molecule has 0 saturated carbocycles. The zero-order valence-electron chi connectivity index (χ0n) is 17.5. The molecule has 0 bridgehead atoms. The summed E-state index contributed by atoms with van der Waals surface area (Å²) in [7, 11) is 1.61. The maximum Gasteiger partial charge on any atom is 0.289 e. The summed E-state index contributed by atoms with van der Waals surface area (Å²) >= 11 is 0. The van der Waals surface area contributed by atoms with Gasteiger partial charge in [-0.1, -0.05) is 18.2 Å². The number of fused-ring (bicyclic) bond motifs is 2. The highest BCUT2D eigenvalue weighted by Gasteiger charge is 2.32. The fraction of sp³-hybridized carbons (Fsp3) is 0.130. The first-order valence-electron chi connectivity index (χ1n) is 10.1. The van der Waals surface area contributed by atoms with Crippen LogP contribution in [-0.4, -0.2) is 51.4 Å². The van der Waals surface area contributed by atoms with Gasteiger partial charge in [-0.2, -0.15) is 4.98 Å². The predicted molar refractivity (Wildman–Crippen MR) is 118 cm³/mol. The van der Waals surface area contributed by atoms with Crippen molar-refractivity contribution in [2.24, 2.45) is 0 Å². The molecule has 2 aromatic heterocycles. The van der Waals surface area contributed by atoms with Crippen molar-refractivity contribution in [3.8, 4) is 17.4 Å². The Kier molecular flexibility index (Phi) is 5.23. The summed E-state index contributed by atoms with van der Waals surface area (Å²) in [5.74, 6) is 0.168. The van der Waals surface area contributed by atoms with E-state index in [-0.39, 0.29) is 24.2 Å². The largest absolute Gasteiger partial charge is 0.489 e. The zero-order valence-corrected chi connectivity index (χ0v) is 17.5. The molecule has 0 spiro atoms. The van der Waals surface area contributed by atoms with Crippen LogP contribution in [0.15, 0.2) is 67.1 Å². The molecular weight excluding hydrogens is 424 g/mol. The van der Waals surface area contributed by atoms with Crippen LogP contribution in [0.3, 0.4) is 0 Å². The van der Waals surface area contributed by atoms with Crippen molar-refractivity contribution in [1.82, 2.24) is 25.3 Å². The summed E-state index contributed by atoms with van der Waals surface area (Å²) < 4.78 is 11.5. The molecule has 1 atom stereocenters. The molecule has 0 radical (unpaired) electrons. The van der Waals surface area contributed by atoms with E-state index in [9.17, 15) is 9.59 Å². The Balaban J connectivity index is 1.34. The molecule has 5 rings (SSSR count). The molecule has 4 aromatic rings. The summed E-state index contributed by atoms with van der Waals surface area (Å²) in [6.45, 7) is -0.0616. The van der Waals surface area contributed by atoms with Crippen molar-refractivity contribution in [3.63, 3.8) is 0 Å². The summed E-state index contributed by atoms with van der Waals surface area (Å²) in [5, 5.41) is 2.66. The predicted octanol–water partition coefficient (Wildman–Crippen LogP) is 2.37. The van der Waals surface area contributed by atoms with Crippen LogP contribution in [0.5, 0.6) is 17.4 Å². The zero-order chi connectivity index (χ0) is 22.8. The number of rotatable bonds is 4. The standard InChI is InChI=1S/C23H18N6O4/c1-29-18-11-15-16(25-10-9-24-15)12-19(18)32-13-17(23(29)31)27-22(30)21-26-8-7-20(28-21)33-14-5-3-2-4-6-14/h2-12,17H,13H2,1H3,(H,27,30). The molecule has 3 heterocycles. The molecule has 0 aliphatic carbocycles. The van der Waals surface area contributed by atoms with E-state index in [2.05, 4.69) is 25.3 Å². The molecule has 1 aliphatic rings. The Morgan fingerprint density at radius 2 is 1.82 bits per heavy atom. The molecule has 33 heavy (non-hydrogen) atoms. The van der Waals surface area contributed by atoms with Crippen LogP contribution in [-0.2, 0) is 4.79 Å². The second kappa shape index (κ2) is 8.50. The third-order valence-electron chi connectivity index (χ3n) is 5.05. The Bertz CT molecular complexity index is 1350. The van der Waals surface area contributed by atoms with Gasteiger partial charge in [0.15, 0.2) is 0 Å². The SMILES string of the molecule is CN1C(=O)C(NC(=O)c2nccc(Oc3ccccc3)n2)COc2cc3nccnc3cc21. The minimum absolute atomic E-state index is 0.0616. The molecule has 164 valence electrons. The Morgan fingerprint density at radius 1 is 1.06 bits per heavy atom. The molecule has 10 nitrogen and oxygen atoms in total. The molecule has 1 N–H and O–H groups in total. The molecule has 0 fully saturated rings. The number of benzene rings is 2. The number of para-hydroxylation sites is 1. The van der Waals surface area contributed by atoms with Crippen molar-refractivity contribution >= 4 is 28.5 Å². The van der Waals surface area contributed by atoms with Crippen LogP contribution in [0.4, 0.5) is 5.69 Å². The van der Waals surface area contributed by atoms with Crippen molar-refractivity contribution in [2.75, 3.05) is 18.6 Å². The van der Waals surface area contributed by atoms with Gasteiger partial charge < -0.3 is 19.7 Å². The second-order valence-corrected chi connectivity index (χ2v) is 7.23. The number of nitrogens with one attached hydrogen (secondary N) is 1. The lowest BCUT2D eigenvalue weighted by molar-refractivity contribution is -0.120. The minimum atomic E-state index is -0.943. The molecule has 10 heteroatoms. The maximum absolute atomic E-state index is 13.0. The summed E-state index contributed by atoms with van der Waals surface area (Å²) in [6, 6.07) is 13.1. The minimum Gasteiger partial charge on any atom is -0.489 e. The fourth-order valence-electron chi connectivity index (χ4n) is 3.40. The molecule has 1 unspecified atom stereocenters. The molecule has 2 aromatic carbocycles. The average molecular weight is 442 g/mol. The third-order valence-corrected chi connectivity index (χ3v) is 5.05. The lowest BCUT2D eigenvalue weighted by Gasteiger charge is -2.20. The summed E-state index contributed by atoms with van der Waals surface area (Å²) in [6.07, 6.45) is 4.57. The highest BCUT2D eigenvalue weighted by Crippen LogP contribution is 2.33. The van der Waals surface area contributed by atoms with E-state index in [4.69, 9.17) is 9.47 Å². The second-order valence-electron chi connectivity index (χ2n) is 7.23. The van der Waals surface area contributed by atoms with Crippen LogP contribution in [0.2, 0.25) is 0 Å². The van der Waals surface area contributed by atoms with Gasteiger partial charge in [-0.05, 0) is 18.2 Å². The summed E-state index contributed by atoms with van der Waals surface area (Å²) in [4.78, 5) is 44.0. The Hall–Kier alpha value is -4.60. The van der Waals surface area contributed by atoms with Crippen molar-refractivity contribution in [2.45, 2.75) is 6.04 Å². The van der Waals surface area contributed by atoms with Crippen LogP contribution in [0.1, 0.15) is 10.6 Å². The van der Waals surface area contributed by atoms with E-state index < -0.39 is 11.9 Å². The number of aromatic nitrogens is 4. The highest BCUT2D eigenvalue weighted by atomic mass is 16.5. The van der Waals surface area contributed by atoms with Gasteiger partial charge in [0.25, 0.3) is 11.8 Å². The van der Waals surface area contributed by atoms with E-state index in [1.165, 1.54) is 11.1 Å². The van der Waals surface area contributed by atoms with Gasteiger partial charge in [-0.3, -0.25) is 19.6 Å². The van der Waals surface area contributed by atoms with E-state index in [1.807, 2.05) is 18.2 Å². The first-order valence-corrected chi connectivity index (χ1v) is 10.1. The first kappa shape index (κ1) is 20.3. The number of nitrogens with zero attached hydrogens (tertiary/aromatic N) is 5. The van der Waals surface area contributed by atoms with Crippen molar-refractivity contribution in [3.05, 3.63) is 72.9 Å². The van der Waals surface area contributed by atoms with Gasteiger partial charge in [0, 0.05) is 37.8 Å². The monoisotopic (exact) mass is 442 g/mol. The fourth-order valence-corrected chi connectivity index (χ4v) is 3.40. The lowest BCUT2D eigenvalue weighted by atomic mass is 10.2. The smallest absolute Gasteiger partial charge is 0.289 e. The van der Waals surface area contributed by atoms with E-state index >= 15 is 0 Å². The number of anilines is 1. The summed E-state index contributed by atoms with van der Waals surface area (Å²) in [5.41, 5.74) is 1.81. The van der Waals surface area contributed by atoms with Gasteiger partial charge in [0.05, 0.1) is 16.7 Å². The maximum atomic E-state index is 13.0. The Morgan fingerprint density at radius 3 is 2.61 bits per heavy atom. The van der Waals surface area contributed by atoms with Crippen LogP contribution in [0.25, 0.3) is 11.0 Å². The van der Waals surface area contributed by atoms with E-state index in [1.54, 1.807) is 49.8 Å². The number of likely N-dealkylation sites (N-methyl/N-ethyl adjacent to an activating group) is 1. The van der Waals surface area contributed by atoms with Gasteiger partial charge in [-0.15, -0.1) is 0 Å². The molecule has 1 aliphatic heterocycles. The van der Waals surface area contributed by atoms with Crippen LogP contribution < -0.4 is 19.7 Å². The lowest BCUT2D eigenvalue weighted by Crippen LogP contribution is -2.49. The Labute approximate surface area is 188 Å². The normalized spacial score (nSPS) is 15.4. The first-order chi connectivity index (χ1) is 16.1. The topological polar surface area (TPSA) is 119 Å². The molecule has 2 amide bonds.